The molecule has 0 aromatic carbocycles. The number of thiophene rings is 1. The Kier molecular flexibility index (Phi) is 3.00. The number of aromatic nitrogens is 4. The maximum atomic E-state index is 5.67. The third-order valence-electron chi connectivity index (χ3n) is 2.71. The lowest BCUT2D eigenvalue weighted by Gasteiger charge is -2.03. The van der Waals surface area contributed by atoms with E-state index in [1.165, 1.54) is 0 Å². The minimum absolute atomic E-state index is 0.482. The van der Waals surface area contributed by atoms with Gasteiger partial charge in [0.15, 0.2) is 5.06 Å². The van der Waals surface area contributed by atoms with Crippen LogP contribution in [0.4, 0.5) is 0 Å². The standard InChI is InChI=1S/C13H12N4OS/c1-3-4-18-13-11(8(2)7-19-13)12-16-9-5-14-15-6-10(9)17-12/h3,5-7H,1,4H2,2H3,(H,16,17). The van der Waals surface area contributed by atoms with Gasteiger partial charge in [0.1, 0.15) is 17.9 Å². The predicted molar refractivity (Wildman–Crippen MR) is 75.4 cm³/mol. The molecule has 0 aliphatic carbocycles. The summed E-state index contributed by atoms with van der Waals surface area (Å²) < 4.78 is 5.67. The van der Waals surface area contributed by atoms with Crippen LogP contribution in [0.2, 0.25) is 0 Å². The monoisotopic (exact) mass is 272 g/mol. The minimum Gasteiger partial charge on any atom is -0.479 e. The Hall–Kier alpha value is -2.21. The van der Waals surface area contributed by atoms with Crippen molar-refractivity contribution in [3.63, 3.8) is 0 Å². The molecule has 0 aliphatic rings. The summed E-state index contributed by atoms with van der Waals surface area (Å²) in [5.41, 5.74) is 3.78. The highest BCUT2D eigenvalue weighted by Gasteiger charge is 2.16. The zero-order chi connectivity index (χ0) is 13.2. The number of fused-ring (bicyclic) bond motifs is 1. The molecule has 0 saturated heterocycles. The van der Waals surface area contributed by atoms with Crippen molar-refractivity contribution in [3.05, 3.63) is 36.0 Å². The van der Waals surface area contributed by atoms with Gasteiger partial charge in [0.05, 0.1) is 23.5 Å². The number of hydrogen-bond acceptors (Lipinski definition) is 5. The first-order chi connectivity index (χ1) is 9.29. The zero-order valence-electron chi connectivity index (χ0n) is 10.4. The van der Waals surface area contributed by atoms with E-state index in [0.29, 0.717) is 6.61 Å². The molecule has 0 radical (unpaired) electrons. The van der Waals surface area contributed by atoms with Crippen molar-refractivity contribution < 1.29 is 4.74 Å². The van der Waals surface area contributed by atoms with Gasteiger partial charge in [-0.25, -0.2) is 4.98 Å². The smallest absolute Gasteiger partial charge is 0.185 e. The van der Waals surface area contributed by atoms with Gasteiger partial charge >= 0.3 is 0 Å². The van der Waals surface area contributed by atoms with Gasteiger partial charge in [-0.2, -0.15) is 10.2 Å². The van der Waals surface area contributed by atoms with Gasteiger partial charge in [0.2, 0.25) is 0 Å². The van der Waals surface area contributed by atoms with Crippen LogP contribution in [0.25, 0.3) is 22.4 Å². The highest BCUT2D eigenvalue weighted by molar-refractivity contribution is 7.12. The number of hydrogen-bond donors (Lipinski definition) is 1. The average Bonchev–Trinajstić information content (AvgIpc) is 2.99. The Balaban J connectivity index is 2.09. The Morgan fingerprint density at radius 2 is 2.26 bits per heavy atom. The minimum atomic E-state index is 0.482. The van der Waals surface area contributed by atoms with Crippen LogP contribution in [0, 0.1) is 6.92 Å². The first kappa shape index (κ1) is 11.9. The Morgan fingerprint density at radius 1 is 1.42 bits per heavy atom. The largest absolute Gasteiger partial charge is 0.479 e. The SMILES string of the molecule is C=CCOc1scc(C)c1-c1nc2cnncc2[nH]1. The molecule has 0 aliphatic heterocycles. The summed E-state index contributed by atoms with van der Waals surface area (Å²) in [7, 11) is 0. The van der Waals surface area contributed by atoms with E-state index in [-0.39, 0.29) is 0 Å². The number of rotatable bonds is 4. The molecule has 0 bridgehead atoms. The topological polar surface area (TPSA) is 63.7 Å². The number of nitrogens with one attached hydrogen (secondary N) is 1. The zero-order valence-corrected chi connectivity index (χ0v) is 11.2. The molecule has 96 valence electrons. The van der Waals surface area contributed by atoms with Crippen LogP contribution in [0.15, 0.2) is 30.4 Å². The van der Waals surface area contributed by atoms with Gasteiger partial charge in [0, 0.05) is 0 Å². The number of nitrogens with zero attached hydrogens (tertiary/aromatic N) is 3. The Morgan fingerprint density at radius 3 is 3.05 bits per heavy atom. The highest BCUT2D eigenvalue weighted by Crippen LogP contribution is 2.38. The normalized spacial score (nSPS) is 10.8. The number of H-pyrrole nitrogens is 1. The van der Waals surface area contributed by atoms with Crippen LogP contribution in [0.1, 0.15) is 5.56 Å². The van der Waals surface area contributed by atoms with Crippen LogP contribution < -0.4 is 4.74 Å². The van der Waals surface area contributed by atoms with Crippen LogP contribution in [0.3, 0.4) is 0 Å². The number of ether oxygens (including phenoxy) is 1. The fraction of sp³-hybridized carbons (Fsp3) is 0.154. The van der Waals surface area contributed by atoms with Crippen molar-refractivity contribution in [3.8, 4) is 16.5 Å². The Bertz CT molecular complexity index is 698. The van der Waals surface area contributed by atoms with Crippen molar-refractivity contribution >= 4 is 22.4 Å². The first-order valence-electron chi connectivity index (χ1n) is 5.78. The van der Waals surface area contributed by atoms with Gasteiger partial charge in [0.25, 0.3) is 0 Å². The van der Waals surface area contributed by atoms with E-state index in [1.54, 1.807) is 29.8 Å². The van der Waals surface area contributed by atoms with Gasteiger partial charge in [-0.15, -0.1) is 11.3 Å². The first-order valence-corrected chi connectivity index (χ1v) is 6.66. The lowest BCUT2D eigenvalue weighted by Crippen LogP contribution is -1.93. The van der Waals surface area contributed by atoms with E-state index in [1.807, 2.05) is 6.92 Å². The summed E-state index contributed by atoms with van der Waals surface area (Å²) in [4.78, 5) is 7.77. The van der Waals surface area contributed by atoms with Crippen LogP contribution in [-0.4, -0.2) is 26.8 Å². The maximum Gasteiger partial charge on any atom is 0.185 e. The predicted octanol–water partition coefficient (Wildman–Crippen LogP) is 2.95. The fourth-order valence-corrected chi connectivity index (χ4v) is 2.75. The second-order valence-electron chi connectivity index (χ2n) is 4.05. The second-order valence-corrected chi connectivity index (χ2v) is 4.90. The summed E-state index contributed by atoms with van der Waals surface area (Å²) in [6.07, 6.45) is 5.03. The van der Waals surface area contributed by atoms with E-state index in [4.69, 9.17) is 4.74 Å². The van der Waals surface area contributed by atoms with E-state index < -0.39 is 0 Å². The molecule has 0 fully saturated rings. The Labute approximate surface area is 114 Å². The summed E-state index contributed by atoms with van der Waals surface area (Å²) in [5, 5.41) is 10.6. The van der Waals surface area contributed by atoms with Crippen molar-refractivity contribution in [1.82, 2.24) is 20.2 Å². The molecule has 0 amide bonds. The molecule has 0 atom stereocenters. The van der Waals surface area contributed by atoms with Gasteiger partial charge in [-0.05, 0) is 17.9 Å². The van der Waals surface area contributed by atoms with E-state index in [2.05, 4.69) is 32.1 Å². The fourth-order valence-electron chi connectivity index (χ4n) is 1.84. The van der Waals surface area contributed by atoms with Crippen LogP contribution in [0.5, 0.6) is 5.06 Å². The molecule has 1 N–H and O–H groups in total. The molecule has 0 saturated carbocycles. The average molecular weight is 272 g/mol. The summed E-state index contributed by atoms with van der Waals surface area (Å²) in [6.45, 7) is 6.18. The van der Waals surface area contributed by atoms with E-state index in [0.717, 1.165) is 33.0 Å². The highest BCUT2D eigenvalue weighted by atomic mass is 32.1. The maximum absolute atomic E-state index is 5.67. The molecule has 5 nitrogen and oxygen atoms in total. The van der Waals surface area contributed by atoms with Gasteiger partial charge in [-0.1, -0.05) is 12.7 Å². The molecular weight excluding hydrogens is 260 g/mol. The second kappa shape index (κ2) is 4.81. The lowest BCUT2D eigenvalue weighted by molar-refractivity contribution is 0.375. The summed E-state index contributed by atoms with van der Waals surface area (Å²) >= 11 is 1.56. The molecule has 3 rings (SSSR count). The number of imidazole rings is 1. The van der Waals surface area contributed by atoms with E-state index >= 15 is 0 Å². The molecule has 0 unspecified atom stereocenters. The molecular formula is C13H12N4OS. The van der Waals surface area contributed by atoms with Crippen molar-refractivity contribution in [2.45, 2.75) is 6.92 Å². The number of aryl methyl sites for hydroxylation is 1. The summed E-state index contributed by atoms with van der Waals surface area (Å²) in [5.74, 6) is 0.780. The number of aromatic amines is 1. The van der Waals surface area contributed by atoms with Crippen LogP contribution >= 0.6 is 11.3 Å². The van der Waals surface area contributed by atoms with E-state index in [9.17, 15) is 0 Å². The molecule has 0 spiro atoms. The lowest BCUT2D eigenvalue weighted by atomic mass is 10.2. The third kappa shape index (κ3) is 2.10. The molecule has 3 aromatic rings. The van der Waals surface area contributed by atoms with Gasteiger partial charge in [-0.3, -0.25) is 0 Å². The third-order valence-corrected chi connectivity index (χ3v) is 3.71. The van der Waals surface area contributed by atoms with Crippen molar-refractivity contribution in [2.24, 2.45) is 0 Å². The molecule has 19 heavy (non-hydrogen) atoms. The van der Waals surface area contributed by atoms with Crippen LogP contribution in [-0.2, 0) is 0 Å². The van der Waals surface area contributed by atoms with Crippen molar-refractivity contribution in [1.29, 1.82) is 0 Å². The van der Waals surface area contributed by atoms with Crippen molar-refractivity contribution in [2.75, 3.05) is 6.61 Å². The van der Waals surface area contributed by atoms with Gasteiger partial charge < -0.3 is 9.72 Å². The molecule has 6 heteroatoms. The summed E-state index contributed by atoms with van der Waals surface area (Å²) in [6, 6.07) is 0. The molecule has 3 heterocycles. The molecule has 3 aromatic heterocycles. The quantitative estimate of drug-likeness (QED) is 0.742.